The molecule has 0 aromatic rings. The second-order valence-electron chi connectivity index (χ2n) is 6.96. The van der Waals surface area contributed by atoms with Gasteiger partial charge in [0.05, 0.1) is 24.4 Å². The molecule has 27 heavy (non-hydrogen) atoms. The predicted octanol–water partition coefficient (Wildman–Crippen LogP) is 0.339. The van der Waals surface area contributed by atoms with Crippen LogP contribution in [0.25, 0.3) is 0 Å². The maximum absolute atomic E-state index is 11.8. The Morgan fingerprint density at radius 3 is 2.04 bits per heavy atom. The topological polar surface area (TPSA) is 140 Å². The molecule has 0 saturated carbocycles. The lowest BCUT2D eigenvalue weighted by Crippen LogP contribution is -2.48. The van der Waals surface area contributed by atoms with Crippen LogP contribution in [0, 0.1) is 0 Å². The number of nitrogens with one attached hydrogen (secondary N) is 3. The third kappa shape index (κ3) is 12.9. The van der Waals surface area contributed by atoms with Gasteiger partial charge in [-0.3, -0.25) is 14.4 Å². The van der Waals surface area contributed by atoms with Gasteiger partial charge in [-0.05, 0) is 33.6 Å². The minimum absolute atomic E-state index is 0.0166. The van der Waals surface area contributed by atoms with E-state index >= 15 is 0 Å². The van der Waals surface area contributed by atoms with Crippen LogP contribution in [-0.4, -0.2) is 65.4 Å². The van der Waals surface area contributed by atoms with Crippen molar-refractivity contribution >= 4 is 23.3 Å². The van der Waals surface area contributed by atoms with Crippen molar-refractivity contribution in [1.29, 1.82) is 0 Å². The van der Waals surface area contributed by atoms with Crippen LogP contribution >= 0.6 is 0 Å². The van der Waals surface area contributed by atoms with E-state index in [4.69, 9.17) is 10.3 Å². The smallest absolute Gasteiger partial charge is 0.220 e. The summed E-state index contributed by atoms with van der Waals surface area (Å²) in [5.74, 6) is -0.320. The molecule has 0 aliphatic carbocycles. The molecule has 156 valence electrons. The maximum atomic E-state index is 11.8. The molecule has 0 aliphatic heterocycles. The largest absolute Gasteiger partial charge is 0.411 e. The average Bonchev–Trinajstić information content (AvgIpc) is 2.61. The van der Waals surface area contributed by atoms with Crippen molar-refractivity contribution in [3.05, 3.63) is 0 Å². The standard InChI is InChI=1S/C18H34N4O5/c1-14(24)13-20-17(26)8-6-4-5-7-16(25)19-10-9-15(22-27)18(2,3)21-11-12-23/h21,23,27H,4-13H2,1-3H3,(H,19,25)(H,20,26)/b22-15+. The van der Waals surface area contributed by atoms with Gasteiger partial charge in [0.25, 0.3) is 0 Å². The summed E-state index contributed by atoms with van der Waals surface area (Å²) in [6, 6.07) is 0. The number of hydrogen-bond acceptors (Lipinski definition) is 7. The molecule has 0 radical (unpaired) electrons. The lowest BCUT2D eigenvalue weighted by Gasteiger charge is -2.27. The van der Waals surface area contributed by atoms with Crippen molar-refractivity contribution in [2.24, 2.45) is 5.16 Å². The van der Waals surface area contributed by atoms with E-state index in [-0.39, 0.29) is 30.7 Å². The summed E-state index contributed by atoms with van der Waals surface area (Å²) in [5, 5.41) is 29.7. The Morgan fingerprint density at radius 1 is 0.926 bits per heavy atom. The monoisotopic (exact) mass is 386 g/mol. The Kier molecular flexibility index (Phi) is 13.1. The quantitative estimate of drug-likeness (QED) is 0.119. The van der Waals surface area contributed by atoms with Crippen molar-refractivity contribution in [1.82, 2.24) is 16.0 Å². The van der Waals surface area contributed by atoms with Gasteiger partial charge in [0.2, 0.25) is 11.8 Å². The molecular weight excluding hydrogens is 352 g/mol. The number of amides is 2. The van der Waals surface area contributed by atoms with Crippen molar-refractivity contribution < 1.29 is 24.7 Å². The van der Waals surface area contributed by atoms with Crippen LogP contribution in [0.15, 0.2) is 5.16 Å². The summed E-state index contributed by atoms with van der Waals surface area (Å²) < 4.78 is 0. The van der Waals surface area contributed by atoms with E-state index in [9.17, 15) is 14.4 Å². The van der Waals surface area contributed by atoms with Gasteiger partial charge < -0.3 is 26.3 Å². The number of carbonyl (C=O) groups is 3. The Labute approximate surface area is 161 Å². The number of aliphatic hydroxyl groups is 1. The Bertz CT molecular complexity index is 506. The number of β-amino-alcohol motifs (C(OH)–C–C–N with tert-alkyl or cyclic N) is 1. The van der Waals surface area contributed by atoms with Gasteiger partial charge in [-0.25, -0.2) is 0 Å². The number of oxime groups is 1. The lowest BCUT2D eigenvalue weighted by molar-refractivity contribution is -0.124. The first-order chi connectivity index (χ1) is 12.7. The Balaban J connectivity index is 3.88. The van der Waals surface area contributed by atoms with Crippen molar-refractivity contribution in [3.63, 3.8) is 0 Å². The van der Waals surface area contributed by atoms with Crippen LogP contribution in [0.5, 0.6) is 0 Å². The van der Waals surface area contributed by atoms with Crippen LogP contribution in [0.3, 0.4) is 0 Å². The Hall–Kier alpha value is -2.00. The molecule has 0 aliphatic rings. The van der Waals surface area contributed by atoms with Gasteiger partial charge in [-0.2, -0.15) is 0 Å². The normalized spacial score (nSPS) is 11.9. The Morgan fingerprint density at radius 2 is 1.52 bits per heavy atom. The molecule has 0 atom stereocenters. The van der Waals surface area contributed by atoms with Gasteiger partial charge in [-0.1, -0.05) is 11.6 Å². The molecule has 2 amide bonds. The molecule has 0 aromatic carbocycles. The zero-order valence-corrected chi connectivity index (χ0v) is 16.6. The first kappa shape index (κ1) is 25.0. The van der Waals surface area contributed by atoms with E-state index in [0.717, 1.165) is 6.42 Å². The molecule has 0 aromatic heterocycles. The molecule has 5 N–H and O–H groups in total. The summed E-state index contributed by atoms with van der Waals surface area (Å²) in [6.45, 7) is 5.88. The van der Waals surface area contributed by atoms with E-state index in [2.05, 4.69) is 21.1 Å². The number of Topliss-reactive ketones (excluding diaryl/α,β-unsaturated/α-hetero) is 1. The number of aliphatic hydroxyl groups excluding tert-OH is 1. The summed E-state index contributed by atoms with van der Waals surface area (Å²) >= 11 is 0. The number of nitrogens with zero attached hydrogens (tertiary/aromatic N) is 1. The van der Waals surface area contributed by atoms with Crippen LogP contribution in [0.4, 0.5) is 0 Å². The average molecular weight is 386 g/mol. The fraction of sp³-hybridized carbons (Fsp3) is 0.778. The van der Waals surface area contributed by atoms with Gasteiger partial charge in [-0.15, -0.1) is 0 Å². The molecule has 9 nitrogen and oxygen atoms in total. The number of unbranched alkanes of at least 4 members (excludes halogenated alkanes) is 2. The zero-order chi connectivity index (χ0) is 20.7. The van der Waals surface area contributed by atoms with Crippen LogP contribution in [-0.2, 0) is 14.4 Å². The second kappa shape index (κ2) is 14.1. The van der Waals surface area contributed by atoms with E-state index < -0.39 is 5.54 Å². The minimum Gasteiger partial charge on any atom is -0.411 e. The van der Waals surface area contributed by atoms with Crippen molar-refractivity contribution in [2.45, 2.75) is 64.8 Å². The SMILES string of the molecule is CC(=O)CNC(=O)CCCCCC(=O)NCC/C(=N\O)C(C)(C)NCCO. The van der Waals surface area contributed by atoms with Crippen LogP contribution < -0.4 is 16.0 Å². The second-order valence-corrected chi connectivity index (χ2v) is 6.96. The van der Waals surface area contributed by atoms with Crippen LogP contribution in [0.1, 0.15) is 59.3 Å². The first-order valence-corrected chi connectivity index (χ1v) is 9.33. The van der Waals surface area contributed by atoms with E-state index in [0.29, 0.717) is 50.9 Å². The first-order valence-electron chi connectivity index (χ1n) is 9.33. The fourth-order valence-electron chi connectivity index (χ4n) is 2.43. The molecule has 0 saturated heterocycles. The third-order valence-corrected chi connectivity index (χ3v) is 4.05. The fourth-order valence-corrected chi connectivity index (χ4v) is 2.43. The summed E-state index contributed by atoms with van der Waals surface area (Å²) in [7, 11) is 0. The molecule has 0 rings (SSSR count). The summed E-state index contributed by atoms with van der Waals surface area (Å²) in [6.07, 6.45) is 3.21. The molecule has 0 spiro atoms. The van der Waals surface area contributed by atoms with E-state index in [1.54, 1.807) is 0 Å². The highest BCUT2D eigenvalue weighted by Gasteiger charge is 2.24. The summed E-state index contributed by atoms with van der Waals surface area (Å²) in [4.78, 5) is 34.0. The number of carbonyl (C=O) groups excluding carboxylic acids is 3. The highest BCUT2D eigenvalue weighted by molar-refractivity contribution is 5.92. The van der Waals surface area contributed by atoms with Gasteiger partial charge in [0, 0.05) is 32.4 Å². The van der Waals surface area contributed by atoms with E-state index in [1.807, 2.05) is 13.8 Å². The number of ketones is 1. The molecule has 0 heterocycles. The van der Waals surface area contributed by atoms with Gasteiger partial charge >= 0.3 is 0 Å². The lowest BCUT2D eigenvalue weighted by atomic mass is 9.95. The summed E-state index contributed by atoms with van der Waals surface area (Å²) in [5.41, 5.74) is -0.0849. The maximum Gasteiger partial charge on any atom is 0.220 e. The molecule has 9 heteroatoms. The highest BCUT2D eigenvalue weighted by Crippen LogP contribution is 2.08. The van der Waals surface area contributed by atoms with E-state index in [1.165, 1.54) is 6.92 Å². The zero-order valence-electron chi connectivity index (χ0n) is 16.6. The third-order valence-electron chi connectivity index (χ3n) is 4.05. The number of hydrogen-bond donors (Lipinski definition) is 5. The highest BCUT2D eigenvalue weighted by atomic mass is 16.4. The van der Waals surface area contributed by atoms with Gasteiger partial charge in [0.1, 0.15) is 5.78 Å². The van der Waals surface area contributed by atoms with Crippen LogP contribution in [0.2, 0.25) is 0 Å². The molecular formula is C18H34N4O5. The molecule has 0 unspecified atom stereocenters. The number of rotatable bonds is 15. The van der Waals surface area contributed by atoms with Crippen molar-refractivity contribution in [2.75, 3.05) is 26.2 Å². The minimum atomic E-state index is -0.578. The van der Waals surface area contributed by atoms with Gasteiger partial charge in [0.15, 0.2) is 0 Å². The molecule has 0 fully saturated rings. The predicted molar refractivity (Wildman–Crippen MR) is 103 cm³/mol. The molecule has 0 bridgehead atoms. The van der Waals surface area contributed by atoms with Crippen molar-refractivity contribution in [3.8, 4) is 0 Å².